The van der Waals surface area contributed by atoms with E-state index in [0.29, 0.717) is 23.1 Å². The minimum absolute atomic E-state index is 0.167. The first-order valence-corrected chi connectivity index (χ1v) is 8.31. The standard InChI is InChI=1S/C16H13F3IN3O4/c1-26-14-6-9(5-11(20)15(14)27-2)8-21-22-12-4-3-10(16(17,18)19)7-13(12)23(24)25/h3-8,22H,1-2H3/b21-8-. The number of hydrogen-bond acceptors (Lipinski definition) is 6. The molecule has 27 heavy (non-hydrogen) atoms. The third-order valence-corrected chi connectivity index (χ3v) is 4.18. The summed E-state index contributed by atoms with van der Waals surface area (Å²) in [6.45, 7) is 0. The summed E-state index contributed by atoms with van der Waals surface area (Å²) in [6, 6.07) is 5.51. The summed E-state index contributed by atoms with van der Waals surface area (Å²) in [7, 11) is 2.97. The summed E-state index contributed by atoms with van der Waals surface area (Å²) in [5.74, 6) is 1.01. The van der Waals surface area contributed by atoms with E-state index in [9.17, 15) is 23.3 Å². The maximum atomic E-state index is 12.7. The smallest absolute Gasteiger partial charge is 0.416 e. The van der Waals surface area contributed by atoms with E-state index < -0.39 is 22.4 Å². The summed E-state index contributed by atoms with van der Waals surface area (Å²) < 4.78 is 49.3. The van der Waals surface area contributed by atoms with Crippen LogP contribution in [0.1, 0.15) is 11.1 Å². The van der Waals surface area contributed by atoms with Gasteiger partial charge < -0.3 is 9.47 Å². The molecule has 0 heterocycles. The molecule has 0 radical (unpaired) electrons. The van der Waals surface area contributed by atoms with Gasteiger partial charge in [0.25, 0.3) is 5.69 Å². The van der Waals surface area contributed by atoms with E-state index in [4.69, 9.17) is 9.47 Å². The number of ether oxygens (including phenoxy) is 2. The van der Waals surface area contributed by atoms with Crippen molar-refractivity contribution in [2.24, 2.45) is 5.10 Å². The van der Waals surface area contributed by atoms with Crippen molar-refractivity contribution >= 4 is 40.2 Å². The third-order valence-electron chi connectivity index (χ3n) is 3.38. The molecule has 0 saturated carbocycles. The highest BCUT2D eigenvalue weighted by molar-refractivity contribution is 14.1. The Morgan fingerprint density at radius 3 is 2.48 bits per heavy atom. The van der Waals surface area contributed by atoms with Crippen LogP contribution in [0.5, 0.6) is 11.5 Å². The van der Waals surface area contributed by atoms with E-state index in [1.165, 1.54) is 20.4 Å². The maximum Gasteiger partial charge on any atom is 0.416 e. The van der Waals surface area contributed by atoms with Crippen LogP contribution < -0.4 is 14.9 Å². The topological polar surface area (TPSA) is 86.0 Å². The molecule has 0 unspecified atom stereocenters. The number of nitrogens with zero attached hydrogens (tertiary/aromatic N) is 2. The number of rotatable bonds is 6. The molecule has 2 aromatic carbocycles. The zero-order valence-electron chi connectivity index (χ0n) is 14.0. The largest absolute Gasteiger partial charge is 0.493 e. The Bertz CT molecular complexity index is 888. The molecule has 7 nitrogen and oxygen atoms in total. The molecule has 144 valence electrons. The first kappa shape index (κ1) is 20.7. The summed E-state index contributed by atoms with van der Waals surface area (Å²) >= 11 is 2.04. The SMILES string of the molecule is COc1cc(/C=N\Nc2ccc(C(F)(F)F)cc2[N+](=O)[O-])cc(I)c1OC. The van der Waals surface area contributed by atoms with Gasteiger partial charge >= 0.3 is 6.18 Å². The Morgan fingerprint density at radius 2 is 1.93 bits per heavy atom. The molecule has 2 aromatic rings. The van der Waals surface area contributed by atoms with Gasteiger partial charge in [0, 0.05) is 6.07 Å². The summed E-state index contributed by atoms with van der Waals surface area (Å²) in [5, 5.41) is 14.9. The number of hydrogen-bond donors (Lipinski definition) is 1. The number of benzene rings is 2. The highest BCUT2D eigenvalue weighted by atomic mass is 127. The quantitative estimate of drug-likeness (QED) is 0.272. The first-order chi connectivity index (χ1) is 12.7. The fourth-order valence-corrected chi connectivity index (χ4v) is 2.99. The lowest BCUT2D eigenvalue weighted by atomic mass is 10.1. The van der Waals surface area contributed by atoms with Gasteiger partial charge in [-0.15, -0.1) is 0 Å². The second-order valence-corrected chi connectivity index (χ2v) is 6.26. The number of nitrogens with one attached hydrogen (secondary N) is 1. The van der Waals surface area contributed by atoms with Gasteiger partial charge in [0.15, 0.2) is 11.5 Å². The lowest BCUT2D eigenvalue weighted by molar-refractivity contribution is -0.384. The number of anilines is 1. The summed E-state index contributed by atoms with van der Waals surface area (Å²) in [6.07, 6.45) is -3.32. The monoisotopic (exact) mass is 495 g/mol. The summed E-state index contributed by atoms with van der Waals surface area (Å²) in [5.41, 5.74) is 0.977. The number of methoxy groups -OCH3 is 2. The van der Waals surface area contributed by atoms with Gasteiger partial charge in [-0.2, -0.15) is 18.3 Å². The number of halogens is 4. The van der Waals surface area contributed by atoms with Crippen molar-refractivity contribution in [3.05, 3.63) is 55.1 Å². The zero-order chi connectivity index (χ0) is 20.2. The molecule has 11 heteroatoms. The number of alkyl halides is 3. The maximum absolute atomic E-state index is 12.7. The molecule has 0 spiro atoms. The fourth-order valence-electron chi connectivity index (χ4n) is 2.14. The lowest BCUT2D eigenvalue weighted by Crippen LogP contribution is -2.06. The van der Waals surface area contributed by atoms with Gasteiger partial charge in [-0.1, -0.05) is 0 Å². The molecule has 1 N–H and O–H groups in total. The van der Waals surface area contributed by atoms with Crippen molar-refractivity contribution in [1.29, 1.82) is 0 Å². The van der Waals surface area contributed by atoms with Crippen LogP contribution in [-0.2, 0) is 6.18 Å². The highest BCUT2D eigenvalue weighted by Gasteiger charge is 2.33. The molecular weight excluding hydrogens is 482 g/mol. The minimum atomic E-state index is -4.68. The second kappa shape index (κ2) is 8.41. The number of nitro groups is 1. The van der Waals surface area contributed by atoms with Crippen molar-refractivity contribution in [1.82, 2.24) is 0 Å². The van der Waals surface area contributed by atoms with E-state index in [1.807, 2.05) is 22.6 Å². The van der Waals surface area contributed by atoms with Crippen LogP contribution in [0.15, 0.2) is 35.4 Å². The normalized spacial score (nSPS) is 11.5. The van der Waals surface area contributed by atoms with Crippen molar-refractivity contribution in [2.45, 2.75) is 6.18 Å². The molecule has 0 bridgehead atoms. The van der Waals surface area contributed by atoms with Gasteiger partial charge in [-0.3, -0.25) is 15.5 Å². The fraction of sp³-hybridized carbons (Fsp3) is 0.188. The van der Waals surface area contributed by atoms with Crippen molar-refractivity contribution in [3.8, 4) is 11.5 Å². The Labute approximate surface area is 165 Å². The van der Waals surface area contributed by atoms with Crippen LogP contribution in [0.2, 0.25) is 0 Å². The predicted molar refractivity (Wildman–Crippen MR) is 102 cm³/mol. The summed E-state index contributed by atoms with van der Waals surface area (Å²) in [4.78, 5) is 10.1. The Morgan fingerprint density at radius 1 is 1.22 bits per heavy atom. The molecule has 0 aromatic heterocycles. The van der Waals surface area contributed by atoms with E-state index >= 15 is 0 Å². The predicted octanol–water partition coefficient (Wildman–Crippen LogP) is 4.68. The van der Waals surface area contributed by atoms with Crippen LogP contribution in [0.3, 0.4) is 0 Å². The van der Waals surface area contributed by atoms with Gasteiger partial charge in [-0.05, 0) is 52.4 Å². The molecular formula is C16H13F3IN3O4. The number of nitro benzene ring substituents is 1. The molecule has 0 saturated heterocycles. The molecule has 0 aliphatic heterocycles. The average Bonchev–Trinajstić information content (AvgIpc) is 2.60. The van der Waals surface area contributed by atoms with Crippen LogP contribution >= 0.6 is 22.6 Å². The third kappa shape index (κ3) is 4.99. The van der Waals surface area contributed by atoms with Crippen molar-refractivity contribution in [3.63, 3.8) is 0 Å². The van der Waals surface area contributed by atoms with Gasteiger partial charge in [0.1, 0.15) is 5.69 Å². The highest BCUT2D eigenvalue weighted by Crippen LogP contribution is 2.35. The lowest BCUT2D eigenvalue weighted by Gasteiger charge is -2.10. The molecule has 0 aliphatic carbocycles. The Hall–Kier alpha value is -2.57. The van der Waals surface area contributed by atoms with E-state index in [1.54, 1.807) is 12.1 Å². The molecule has 2 rings (SSSR count). The average molecular weight is 495 g/mol. The van der Waals surface area contributed by atoms with E-state index in [2.05, 4.69) is 10.5 Å². The second-order valence-electron chi connectivity index (χ2n) is 5.10. The minimum Gasteiger partial charge on any atom is -0.493 e. The van der Waals surface area contributed by atoms with Crippen LogP contribution in [0.25, 0.3) is 0 Å². The van der Waals surface area contributed by atoms with Crippen molar-refractivity contribution in [2.75, 3.05) is 19.6 Å². The zero-order valence-corrected chi connectivity index (χ0v) is 16.2. The molecule has 0 aliphatic rings. The molecule has 0 atom stereocenters. The first-order valence-electron chi connectivity index (χ1n) is 7.23. The van der Waals surface area contributed by atoms with Crippen LogP contribution in [-0.4, -0.2) is 25.4 Å². The Balaban J connectivity index is 2.28. The van der Waals surface area contributed by atoms with E-state index in [0.717, 1.165) is 15.7 Å². The van der Waals surface area contributed by atoms with Crippen molar-refractivity contribution < 1.29 is 27.6 Å². The number of hydrazone groups is 1. The van der Waals surface area contributed by atoms with Gasteiger partial charge in [0.2, 0.25) is 0 Å². The van der Waals surface area contributed by atoms with Crippen LogP contribution in [0.4, 0.5) is 24.5 Å². The molecule has 0 amide bonds. The van der Waals surface area contributed by atoms with Crippen LogP contribution in [0, 0.1) is 13.7 Å². The Kier molecular flexibility index (Phi) is 6.46. The van der Waals surface area contributed by atoms with Gasteiger partial charge in [0.05, 0.1) is 34.5 Å². The van der Waals surface area contributed by atoms with Gasteiger partial charge in [-0.25, -0.2) is 0 Å². The molecule has 0 fully saturated rings. The van der Waals surface area contributed by atoms with E-state index in [-0.39, 0.29) is 5.69 Å².